The first-order chi connectivity index (χ1) is 15.0. The Labute approximate surface area is 183 Å². The van der Waals surface area contributed by atoms with Crippen LogP contribution < -0.4 is 21.7 Å². The van der Waals surface area contributed by atoms with Crippen LogP contribution in [0.3, 0.4) is 0 Å². The third-order valence-corrected chi connectivity index (χ3v) is 4.02. The molecule has 32 heavy (non-hydrogen) atoms. The van der Waals surface area contributed by atoms with Gasteiger partial charge < -0.3 is 26.4 Å². The van der Waals surface area contributed by atoms with Gasteiger partial charge in [0.15, 0.2) is 5.69 Å². The normalized spacial score (nSPS) is 11.2. The van der Waals surface area contributed by atoms with Crippen molar-refractivity contribution in [1.29, 1.82) is 0 Å². The van der Waals surface area contributed by atoms with E-state index in [-0.39, 0.29) is 29.6 Å². The van der Waals surface area contributed by atoms with E-state index in [1.165, 1.54) is 15.4 Å². The summed E-state index contributed by atoms with van der Waals surface area (Å²) in [5.41, 5.74) is 5.69. The third kappa shape index (κ3) is 5.50. The molecule has 0 aliphatic rings. The molecule has 3 heterocycles. The topological polar surface area (TPSA) is 171 Å². The average molecular weight is 443 g/mol. The molecule has 13 nitrogen and oxygen atoms in total. The summed E-state index contributed by atoms with van der Waals surface area (Å²) in [4.78, 5) is 40.2. The molecule has 0 aromatic carbocycles. The van der Waals surface area contributed by atoms with Gasteiger partial charge in [0.25, 0.3) is 11.8 Å². The molecule has 170 valence electrons. The van der Waals surface area contributed by atoms with Gasteiger partial charge in [-0.05, 0) is 32.9 Å². The number of carbonyl (C=O) groups excluding carboxylic acids is 3. The van der Waals surface area contributed by atoms with Gasteiger partial charge in [0.05, 0.1) is 17.4 Å². The molecule has 0 radical (unpaired) electrons. The Morgan fingerprint density at radius 2 is 1.91 bits per heavy atom. The molecule has 0 bridgehead atoms. The number of hydrogen-bond acceptors (Lipinski definition) is 8. The van der Waals surface area contributed by atoms with Crippen molar-refractivity contribution < 1.29 is 19.1 Å². The maximum atomic E-state index is 12.8. The van der Waals surface area contributed by atoms with Gasteiger partial charge in [0, 0.05) is 26.3 Å². The molecule has 0 saturated carbocycles. The van der Waals surface area contributed by atoms with Gasteiger partial charge in [-0.25, -0.2) is 14.3 Å². The van der Waals surface area contributed by atoms with Crippen LogP contribution in [-0.4, -0.2) is 61.0 Å². The molecule has 0 fully saturated rings. The fourth-order valence-corrected chi connectivity index (χ4v) is 2.76. The Hall–Kier alpha value is -4.16. The van der Waals surface area contributed by atoms with Crippen LogP contribution in [0.4, 0.5) is 16.4 Å². The smallest absolute Gasteiger partial charge is 0.407 e. The minimum Gasteiger partial charge on any atom is -0.444 e. The monoisotopic (exact) mass is 443 g/mol. The molecule has 0 aliphatic carbocycles. The van der Waals surface area contributed by atoms with Crippen molar-refractivity contribution in [2.75, 3.05) is 23.7 Å². The Kier molecular flexibility index (Phi) is 6.27. The number of nitrogens with zero attached hydrogens (tertiary/aromatic N) is 5. The summed E-state index contributed by atoms with van der Waals surface area (Å²) in [5, 5.41) is 16.5. The van der Waals surface area contributed by atoms with Crippen LogP contribution >= 0.6 is 0 Å². The van der Waals surface area contributed by atoms with Gasteiger partial charge >= 0.3 is 6.09 Å². The number of anilines is 2. The third-order valence-electron chi connectivity index (χ3n) is 4.02. The molecule has 3 rings (SSSR count). The van der Waals surface area contributed by atoms with E-state index in [9.17, 15) is 14.4 Å². The Bertz CT molecular complexity index is 1160. The maximum Gasteiger partial charge on any atom is 0.407 e. The van der Waals surface area contributed by atoms with Gasteiger partial charge in [-0.1, -0.05) is 0 Å². The van der Waals surface area contributed by atoms with Crippen LogP contribution in [0.15, 0.2) is 24.5 Å². The number of ether oxygens (including phenoxy) is 1. The van der Waals surface area contributed by atoms with E-state index in [0.717, 1.165) is 0 Å². The minimum atomic E-state index is -0.755. The zero-order chi connectivity index (χ0) is 23.5. The lowest BCUT2D eigenvalue weighted by atomic mass is 10.2. The van der Waals surface area contributed by atoms with E-state index in [2.05, 4.69) is 31.1 Å². The highest BCUT2D eigenvalue weighted by Crippen LogP contribution is 2.16. The van der Waals surface area contributed by atoms with Crippen LogP contribution in [0.2, 0.25) is 0 Å². The summed E-state index contributed by atoms with van der Waals surface area (Å²) in [6.45, 7) is 5.96. The lowest BCUT2D eigenvalue weighted by Gasteiger charge is -2.19. The van der Waals surface area contributed by atoms with Gasteiger partial charge in [-0.2, -0.15) is 5.10 Å². The number of amides is 3. The lowest BCUT2D eigenvalue weighted by molar-refractivity contribution is 0.0529. The molecule has 3 aromatic heterocycles. The number of rotatable bonds is 7. The predicted octanol–water partition coefficient (Wildman–Crippen LogP) is 0.751. The van der Waals surface area contributed by atoms with E-state index < -0.39 is 23.5 Å². The molecule has 0 spiro atoms. The lowest BCUT2D eigenvalue weighted by Crippen LogP contribution is -2.35. The number of aryl methyl sites for hydroxylation is 1. The van der Waals surface area contributed by atoms with E-state index in [0.29, 0.717) is 12.1 Å². The van der Waals surface area contributed by atoms with Crippen molar-refractivity contribution in [3.05, 3.63) is 35.9 Å². The maximum absolute atomic E-state index is 12.8. The van der Waals surface area contributed by atoms with Crippen molar-refractivity contribution in [2.24, 2.45) is 12.8 Å². The molecule has 13 heteroatoms. The summed E-state index contributed by atoms with van der Waals surface area (Å²) < 4.78 is 7.95. The number of alkyl carbamates (subject to hydrolysis) is 1. The van der Waals surface area contributed by atoms with E-state index in [1.807, 2.05) is 0 Å². The average Bonchev–Trinajstić information content (AvgIpc) is 3.26. The summed E-state index contributed by atoms with van der Waals surface area (Å²) in [5.74, 6) is -1.00. The van der Waals surface area contributed by atoms with Crippen LogP contribution in [0.25, 0.3) is 5.52 Å². The van der Waals surface area contributed by atoms with Gasteiger partial charge in [-0.15, -0.1) is 5.10 Å². The van der Waals surface area contributed by atoms with Crippen molar-refractivity contribution in [3.8, 4) is 0 Å². The van der Waals surface area contributed by atoms with Crippen molar-refractivity contribution in [3.63, 3.8) is 0 Å². The summed E-state index contributed by atoms with van der Waals surface area (Å²) in [7, 11) is 1.61. The molecule has 3 amide bonds. The minimum absolute atomic E-state index is 0.0452. The highest BCUT2D eigenvalue weighted by molar-refractivity contribution is 6.07. The first kappa shape index (κ1) is 22.5. The molecule has 0 unspecified atom stereocenters. The second-order valence-electron chi connectivity index (χ2n) is 7.88. The van der Waals surface area contributed by atoms with Crippen LogP contribution in [0.5, 0.6) is 0 Å². The number of carbonyl (C=O) groups is 3. The van der Waals surface area contributed by atoms with Crippen molar-refractivity contribution in [1.82, 2.24) is 29.7 Å². The molecular formula is C19H25N9O4. The number of fused-ring (bicyclic) bond motifs is 1. The highest BCUT2D eigenvalue weighted by Gasteiger charge is 2.19. The van der Waals surface area contributed by atoms with Gasteiger partial charge in [0.1, 0.15) is 11.3 Å². The number of nitrogens with two attached hydrogens (primary N) is 1. The number of primary amides is 1. The first-order valence-corrected chi connectivity index (χ1v) is 9.74. The van der Waals surface area contributed by atoms with Crippen LogP contribution in [-0.2, 0) is 11.8 Å². The standard InChI is InChI=1S/C19H25N9O4/c1-19(2,3)32-18(31)22-8-7-21-17-23-9-11-5-6-13(28(11)26-17)16(30)24-12-10-27(4)25-14(12)15(20)29/h5-6,9-10H,7-8H2,1-4H3,(H2,20,29)(H,21,26)(H,22,31)(H,24,30). The predicted molar refractivity (Wildman–Crippen MR) is 115 cm³/mol. The second-order valence-corrected chi connectivity index (χ2v) is 7.88. The first-order valence-electron chi connectivity index (χ1n) is 9.74. The molecule has 3 aromatic rings. The molecular weight excluding hydrogens is 418 g/mol. The van der Waals surface area contributed by atoms with Gasteiger partial charge in [-0.3, -0.25) is 14.3 Å². The molecule has 0 aliphatic heterocycles. The quantitative estimate of drug-likeness (QED) is 0.387. The van der Waals surface area contributed by atoms with E-state index in [1.54, 1.807) is 46.1 Å². The largest absolute Gasteiger partial charge is 0.444 e. The number of nitrogens with one attached hydrogen (secondary N) is 3. The highest BCUT2D eigenvalue weighted by atomic mass is 16.6. The summed E-state index contributed by atoms with van der Waals surface area (Å²) in [6, 6.07) is 3.26. The molecule has 5 N–H and O–H groups in total. The Morgan fingerprint density at radius 3 is 2.59 bits per heavy atom. The molecule has 0 saturated heterocycles. The van der Waals surface area contributed by atoms with Crippen LogP contribution in [0, 0.1) is 0 Å². The van der Waals surface area contributed by atoms with E-state index >= 15 is 0 Å². The van der Waals surface area contributed by atoms with Gasteiger partial charge in [0.2, 0.25) is 5.95 Å². The number of hydrogen-bond donors (Lipinski definition) is 4. The SMILES string of the molecule is Cn1cc(NC(=O)c2ccc3cnc(NCCNC(=O)OC(C)(C)C)nn23)c(C(N)=O)n1. The Balaban J connectivity index is 1.66. The zero-order valence-electron chi connectivity index (χ0n) is 18.2. The van der Waals surface area contributed by atoms with Crippen molar-refractivity contribution in [2.45, 2.75) is 26.4 Å². The van der Waals surface area contributed by atoms with Crippen LogP contribution in [0.1, 0.15) is 41.7 Å². The summed E-state index contributed by atoms with van der Waals surface area (Å²) in [6.07, 6.45) is 2.51. The summed E-state index contributed by atoms with van der Waals surface area (Å²) >= 11 is 0. The number of aromatic nitrogens is 5. The zero-order valence-corrected chi connectivity index (χ0v) is 18.2. The fourth-order valence-electron chi connectivity index (χ4n) is 2.76. The Morgan fingerprint density at radius 1 is 1.16 bits per heavy atom. The molecule has 0 atom stereocenters. The fraction of sp³-hybridized carbons (Fsp3) is 0.368. The van der Waals surface area contributed by atoms with Crippen molar-refractivity contribution >= 4 is 35.1 Å². The van der Waals surface area contributed by atoms with E-state index in [4.69, 9.17) is 10.5 Å². The second kappa shape index (κ2) is 8.91.